The molecule has 2 aromatic carbocycles. The van der Waals surface area contributed by atoms with Gasteiger partial charge in [-0.2, -0.15) is 0 Å². The van der Waals surface area contributed by atoms with Gasteiger partial charge >= 0.3 is 0 Å². The van der Waals surface area contributed by atoms with Crippen molar-refractivity contribution in [3.63, 3.8) is 0 Å². The van der Waals surface area contributed by atoms with Gasteiger partial charge in [0.15, 0.2) is 0 Å². The van der Waals surface area contributed by atoms with Gasteiger partial charge in [-0.15, -0.1) is 0 Å². The molecular formula is C21H23ClN2O2. The molecule has 0 bridgehead atoms. The van der Waals surface area contributed by atoms with E-state index in [1.807, 2.05) is 42.5 Å². The average molecular weight is 371 g/mol. The lowest BCUT2D eigenvalue weighted by Gasteiger charge is -2.28. The van der Waals surface area contributed by atoms with E-state index in [0.717, 1.165) is 11.1 Å². The van der Waals surface area contributed by atoms with Gasteiger partial charge in [0, 0.05) is 23.7 Å². The smallest absolute Gasteiger partial charge is 0.255 e. The normalized spacial score (nSPS) is 14.5. The molecule has 0 aliphatic carbocycles. The van der Waals surface area contributed by atoms with Crippen LogP contribution in [0.5, 0.6) is 0 Å². The summed E-state index contributed by atoms with van der Waals surface area (Å²) in [5, 5.41) is 3.58. The number of carbonyl (C=O) groups is 2. The zero-order valence-electron chi connectivity index (χ0n) is 15.0. The van der Waals surface area contributed by atoms with Crippen LogP contribution in [0, 0.1) is 5.92 Å². The van der Waals surface area contributed by atoms with Crippen LogP contribution in [0.3, 0.4) is 0 Å². The molecule has 0 spiro atoms. The third-order valence-electron chi connectivity index (χ3n) is 4.63. The van der Waals surface area contributed by atoms with E-state index in [9.17, 15) is 9.59 Å². The molecule has 0 fully saturated rings. The second kappa shape index (κ2) is 7.92. The van der Waals surface area contributed by atoms with Crippen molar-refractivity contribution in [3.05, 3.63) is 70.2 Å². The monoisotopic (exact) mass is 370 g/mol. The predicted octanol–water partition coefficient (Wildman–Crippen LogP) is 4.03. The van der Waals surface area contributed by atoms with Crippen LogP contribution in [0.1, 0.15) is 41.8 Å². The minimum atomic E-state index is -0.489. The lowest BCUT2D eigenvalue weighted by atomic mass is 10.0. The highest BCUT2D eigenvalue weighted by Crippen LogP contribution is 2.27. The molecule has 26 heavy (non-hydrogen) atoms. The topological polar surface area (TPSA) is 49.4 Å². The summed E-state index contributed by atoms with van der Waals surface area (Å²) in [5.74, 6) is 0.0847. The first kappa shape index (κ1) is 18.5. The van der Waals surface area contributed by atoms with Gasteiger partial charge in [-0.3, -0.25) is 9.59 Å². The van der Waals surface area contributed by atoms with Crippen LogP contribution in [-0.4, -0.2) is 22.8 Å². The van der Waals surface area contributed by atoms with Crippen LogP contribution in [0.2, 0.25) is 5.02 Å². The number of nitrogens with zero attached hydrogens (tertiary/aromatic N) is 1. The summed E-state index contributed by atoms with van der Waals surface area (Å²) < 4.78 is 0. The zero-order valence-corrected chi connectivity index (χ0v) is 15.8. The molecule has 0 unspecified atom stereocenters. The number of halogens is 1. The lowest BCUT2D eigenvalue weighted by Crippen LogP contribution is -2.47. The van der Waals surface area contributed by atoms with Gasteiger partial charge < -0.3 is 10.2 Å². The molecule has 2 aromatic rings. The molecule has 0 aromatic heterocycles. The average Bonchev–Trinajstić information content (AvgIpc) is 2.95. The highest BCUT2D eigenvalue weighted by molar-refractivity contribution is 6.31. The number of fused-ring (bicyclic) bond motifs is 1. The van der Waals surface area contributed by atoms with E-state index in [4.69, 9.17) is 11.6 Å². The molecule has 2 amide bonds. The first-order valence-electron chi connectivity index (χ1n) is 8.87. The van der Waals surface area contributed by atoms with Gasteiger partial charge in [0.1, 0.15) is 6.04 Å². The molecular weight excluding hydrogens is 348 g/mol. The summed E-state index contributed by atoms with van der Waals surface area (Å²) in [6.07, 6.45) is 0.619. The van der Waals surface area contributed by atoms with Crippen molar-refractivity contribution >= 4 is 23.4 Å². The second-order valence-corrected chi connectivity index (χ2v) is 7.45. The van der Waals surface area contributed by atoms with Crippen LogP contribution in [0.4, 0.5) is 0 Å². The molecule has 0 saturated heterocycles. The van der Waals surface area contributed by atoms with E-state index >= 15 is 0 Å². The lowest BCUT2D eigenvalue weighted by molar-refractivity contribution is -0.126. The van der Waals surface area contributed by atoms with Crippen LogP contribution < -0.4 is 5.32 Å². The van der Waals surface area contributed by atoms with Crippen molar-refractivity contribution in [2.75, 3.05) is 0 Å². The van der Waals surface area contributed by atoms with Crippen molar-refractivity contribution in [3.8, 4) is 0 Å². The summed E-state index contributed by atoms with van der Waals surface area (Å²) in [4.78, 5) is 27.4. The number of amides is 2. The van der Waals surface area contributed by atoms with E-state index in [2.05, 4.69) is 19.2 Å². The van der Waals surface area contributed by atoms with E-state index < -0.39 is 6.04 Å². The quantitative estimate of drug-likeness (QED) is 0.834. The summed E-state index contributed by atoms with van der Waals surface area (Å²) in [6.45, 7) is 4.94. The Balaban J connectivity index is 1.75. The maximum atomic E-state index is 12.9. The van der Waals surface area contributed by atoms with Gasteiger partial charge in [0.05, 0.1) is 0 Å². The highest BCUT2D eigenvalue weighted by Gasteiger charge is 2.36. The first-order chi connectivity index (χ1) is 12.5. The number of rotatable bonds is 6. The van der Waals surface area contributed by atoms with Gasteiger partial charge in [0.25, 0.3) is 5.91 Å². The zero-order chi connectivity index (χ0) is 18.7. The Morgan fingerprint density at radius 2 is 1.85 bits per heavy atom. The molecule has 1 N–H and O–H groups in total. The summed E-state index contributed by atoms with van der Waals surface area (Å²) in [5.41, 5.74) is 2.53. The molecule has 1 aliphatic heterocycles. The Kier molecular flexibility index (Phi) is 5.62. The molecule has 4 nitrogen and oxygen atoms in total. The number of carbonyl (C=O) groups excluding carboxylic acids is 2. The third kappa shape index (κ3) is 3.91. The fourth-order valence-electron chi connectivity index (χ4n) is 3.29. The van der Waals surface area contributed by atoms with Gasteiger partial charge in [-0.05, 0) is 35.6 Å². The summed E-state index contributed by atoms with van der Waals surface area (Å²) in [7, 11) is 0. The Bertz CT molecular complexity index is 819. The van der Waals surface area contributed by atoms with Gasteiger partial charge in [0.2, 0.25) is 5.91 Å². The number of hydrogen-bond donors (Lipinski definition) is 1. The van der Waals surface area contributed by atoms with Crippen LogP contribution >= 0.6 is 11.6 Å². The summed E-state index contributed by atoms with van der Waals surface area (Å²) >= 11 is 6.17. The standard InChI is InChI=1S/C21H23ClN2O2/c1-14(2)11-19(20(25)23-12-15-7-4-6-10-18(15)22)24-13-16-8-3-5-9-17(16)21(24)26/h3-10,14,19H,11-13H2,1-2H3,(H,23,25)/t19-/m0/s1. The Labute approximate surface area is 159 Å². The largest absolute Gasteiger partial charge is 0.350 e. The van der Waals surface area contributed by atoms with Crippen LogP contribution in [0.15, 0.2) is 48.5 Å². The van der Waals surface area contributed by atoms with Crippen molar-refractivity contribution in [2.45, 2.75) is 39.4 Å². The van der Waals surface area contributed by atoms with Crippen LogP contribution in [0.25, 0.3) is 0 Å². The molecule has 1 heterocycles. The maximum absolute atomic E-state index is 12.9. The van der Waals surface area contributed by atoms with E-state index in [1.165, 1.54) is 0 Å². The minimum absolute atomic E-state index is 0.0702. The Morgan fingerprint density at radius 1 is 1.15 bits per heavy atom. The van der Waals surface area contributed by atoms with Crippen molar-refractivity contribution in [1.29, 1.82) is 0 Å². The Morgan fingerprint density at radius 3 is 2.54 bits per heavy atom. The SMILES string of the molecule is CC(C)C[C@@H](C(=O)NCc1ccccc1Cl)N1Cc2ccccc2C1=O. The van der Waals surface area contributed by atoms with Crippen molar-refractivity contribution < 1.29 is 9.59 Å². The second-order valence-electron chi connectivity index (χ2n) is 7.04. The van der Waals surface area contributed by atoms with Crippen LogP contribution in [-0.2, 0) is 17.9 Å². The molecule has 0 radical (unpaired) electrons. The number of hydrogen-bond acceptors (Lipinski definition) is 2. The van der Waals surface area contributed by atoms with Crippen molar-refractivity contribution in [2.24, 2.45) is 5.92 Å². The first-order valence-corrected chi connectivity index (χ1v) is 9.25. The van der Waals surface area contributed by atoms with Crippen molar-refractivity contribution in [1.82, 2.24) is 10.2 Å². The molecule has 1 aliphatic rings. The molecule has 1 atom stereocenters. The molecule has 3 rings (SSSR count). The van der Waals surface area contributed by atoms with E-state index in [-0.39, 0.29) is 11.8 Å². The fraction of sp³-hybridized carbons (Fsp3) is 0.333. The number of benzene rings is 2. The van der Waals surface area contributed by atoms with E-state index in [0.29, 0.717) is 36.0 Å². The van der Waals surface area contributed by atoms with E-state index in [1.54, 1.807) is 11.0 Å². The molecule has 5 heteroatoms. The van der Waals surface area contributed by atoms with Gasteiger partial charge in [-0.25, -0.2) is 0 Å². The fourth-order valence-corrected chi connectivity index (χ4v) is 3.50. The maximum Gasteiger partial charge on any atom is 0.255 e. The highest BCUT2D eigenvalue weighted by atomic mass is 35.5. The summed E-state index contributed by atoms with van der Waals surface area (Å²) in [6, 6.07) is 14.5. The third-order valence-corrected chi connectivity index (χ3v) is 5.00. The molecule has 136 valence electrons. The Hall–Kier alpha value is -2.33. The molecule has 0 saturated carbocycles. The predicted molar refractivity (Wildman–Crippen MR) is 103 cm³/mol. The number of nitrogens with one attached hydrogen (secondary N) is 1. The van der Waals surface area contributed by atoms with Gasteiger partial charge in [-0.1, -0.05) is 61.8 Å². The minimum Gasteiger partial charge on any atom is -0.350 e.